The number of nitrogens with zero attached hydrogens (tertiary/aromatic N) is 1. The molecule has 2 aromatic carbocycles. The second-order valence-corrected chi connectivity index (χ2v) is 9.83. The Morgan fingerprint density at radius 2 is 1.16 bits per heavy atom. The average molecular weight is 412 g/mol. The molecule has 2 saturated carbocycles. The van der Waals surface area contributed by atoms with E-state index in [1.165, 1.54) is 93.3 Å². The number of hydrogen-bond acceptors (Lipinski definition) is 1. The molecule has 1 heteroatoms. The Kier molecular flexibility index (Phi) is 6.58. The summed E-state index contributed by atoms with van der Waals surface area (Å²) in [6.07, 6.45) is 21.2. The first-order valence-electron chi connectivity index (χ1n) is 12.7. The molecule has 0 unspecified atom stereocenters. The molecule has 0 amide bonds. The maximum absolute atomic E-state index is 2.48. The van der Waals surface area contributed by atoms with E-state index in [-0.39, 0.29) is 0 Å². The Morgan fingerprint density at radius 1 is 0.548 bits per heavy atom. The minimum atomic E-state index is 0.767. The highest BCUT2D eigenvalue weighted by atomic mass is 15.1. The van der Waals surface area contributed by atoms with Crippen molar-refractivity contribution >= 4 is 11.4 Å². The Hall–Kier alpha value is -2.28. The van der Waals surface area contributed by atoms with Gasteiger partial charge in [0, 0.05) is 17.1 Å². The zero-order valence-electron chi connectivity index (χ0n) is 18.9. The monoisotopic (exact) mass is 411 g/mol. The van der Waals surface area contributed by atoms with Crippen LogP contribution in [0.15, 0.2) is 78.0 Å². The minimum Gasteiger partial charge on any atom is -0.314 e. The Bertz CT molecular complexity index is 893. The molecule has 0 spiro atoms. The third-order valence-electron chi connectivity index (χ3n) is 7.82. The molecule has 0 atom stereocenters. The highest BCUT2D eigenvalue weighted by Gasteiger charge is 2.23. The van der Waals surface area contributed by atoms with E-state index in [9.17, 15) is 0 Å². The molecule has 5 rings (SSSR count). The van der Waals surface area contributed by atoms with E-state index < -0.39 is 0 Å². The third-order valence-corrected chi connectivity index (χ3v) is 7.82. The molecule has 0 N–H and O–H groups in total. The van der Waals surface area contributed by atoms with Gasteiger partial charge in [-0.2, -0.15) is 0 Å². The van der Waals surface area contributed by atoms with Crippen molar-refractivity contribution < 1.29 is 0 Å². The maximum atomic E-state index is 2.48. The first-order valence-corrected chi connectivity index (χ1v) is 12.7. The number of para-hydroxylation sites is 1. The van der Waals surface area contributed by atoms with Crippen LogP contribution in [0.5, 0.6) is 0 Å². The van der Waals surface area contributed by atoms with Gasteiger partial charge in [-0.15, -0.1) is 0 Å². The van der Waals surface area contributed by atoms with Crippen LogP contribution in [0.1, 0.15) is 88.5 Å². The Morgan fingerprint density at radius 3 is 1.77 bits per heavy atom. The van der Waals surface area contributed by atoms with Crippen LogP contribution in [0.2, 0.25) is 0 Å². The zero-order chi connectivity index (χ0) is 20.9. The molecular weight excluding hydrogens is 374 g/mol. The first kappa shape index (κ1) is 20.6. The van der Waals surface area contributed by atoms with Crippen molar-refractivity contribution in [3.8, 4) is 0 Å². The van der Waals surface area contributed by atoms with Gasteiger partial charge in [0.25, 0.3) is 0 Å². The second kappa shape index (κ2) is 9.90. The summed E-state index contributed by atoms with van der Waals surface area (Å²) >= 11 is 0. The van der Waals surface area contributed by atoms with Gasteiger partial charge in [0.05, 0.1) is 0 Å². The summed E-state index contributed by atoms with van der Waals surface area (Å²) in [6.45, 7) is 0. The smallest absolute Gasteiger partial charge is 0.0458 e. The van der Waals surface area contributed by atoms with Crippen molar-refractivity contribution in [2.75, 3.05) is 4.90 Å². The fraction of sp³-hybridized carbons (Fsp3) is 0.467. The van der Waals surface area contributed by atoms with Crippen LogP contribution in [0, 0.1) is 5.92 Å². The van der Waals surface area contributed by atoms with Gasteiger partial charge >= 0.3 is 0 Å². The van der Waals surface area contributed by atoms with Crippen molar-refractivity contribution in [1.29, 1.82) is 0 Å². The van der Waals surface area contributed by atoms with Crippen molar-refractivity contribution in [1.82, 2.24) is 0 Å². The van der Waals surface area contributed by atoms with E-state index in [2.05, 4.69) is 71.6 Å². The van der Waals surface area contributed by atoms with E-state index in [0.717, 1.165) is 18.3 Å². The van der Waals surface area contributed by atoms with Crippen LogP contribution in [-0.4, -0.2) is 0 Å². The molecule has 0 heterocycles. The van der Waals surface area contributed by atoms with Crippen LogP contribution >= 0.6 is 0 Å². The van der Waals surface area contributed by atoms with Crippen LogP contribution in [-0.2, 0) is 0 Å². The summed E-state index contributed by atoms with van der Waals surface area (Å²) in [4.78, 5) is 2.48. The summed E-state index contributed by atoms with van der Waals surface area (Å²) in [5, 5.41) is 0. The lowest BCUT2D eigenvalue weighted by Crippen LogP contribution is -2.19. The maximum Gasteiger partial charge on any atom is 0.0458 e. The van der Waals surface area contributed by atoms with Gasteiger partial charge < -0.3 is 4.90 Å². The van der Waals surface area contributed by atoms with E-state index in [1.807, 2.05) is 0 Å². The summed E-state index contributed by atoms with van der Waals surface area (Å²) in [6, 6.07) is 20.4. The summed E-state index contributed by atoms with van der Waals surface area (Å²) < 4.78 is 0. The summed E-state index contributed by atoms with van der Waals surface area (Å²) in [7, 11) is 0. The molecule has 0 saturated heterocycles. The quantitative estimate of drug-likeness (QED) is 0.474. The number of hydrogen-bond donors (Lipinski definition) is 0. The van der Waals surface area contributed by atoms with E-state index >= 15 is 0 Å². The topological polar surface area (TPSA) is 3.24 Å². The van der Waals surface area contributed by atoms with E-state index in [4.69, 9.17) is 0 Å². The van der Waals surface area contributed by atoms with Gasteiger partial charge in [0.1, 0.15) is 0 Å². The number of benzene rings is 2. The SMILES string of the molecule is C1=C(C2CCCCC2)CCC(N(c2ccccc2)c2ccc(C3CCCCC3)cc2)=C1. The first-order chi connectivity index (χ1) is 15.4. The average Bonchev–Trinajstić information content (AvgIpc) is 2.87. The number of rotatable bonds is 5. The highest BCUT2D eigenvalue weighted by Crippen LogP contribution is 2.39. The molecule has 2 aromatic rings. The summed E-state index contributed by atoms with van der Waals surface area (Å²) in [5.41, 5.74) is 7.23. The van der Waals surface area contributed by atoms with Crippen LogP contribution < -0.4 is 4.90 Å². The molecule has 0 aliphatic heterocycles. The third kappa shape index (κ3) is 4.81. The minimum absolute atomic E-state index is 0.767. The Labute approximate surface area is 188 Å². The molecule has 3 aliphatic rings. The largest absolute Gasteiger partial charge is 0.314 e. The second-order valence-electron chi connectivity index (χ2n) is 9.83. The summed E-state index contributed by atoms with van der Waals surface area (Å²) in [5.74, 6) is 1.61. The van der Waals surface area contributed by atoms with Crippen LogP contribution in [0.3, 0.4) is 0 Å². The van der Waals surface area contributed by atoms with Gasteiger partial charge in [-0.05, 0) is 86.3 Å². The lowest BCUT2D eigenvalue weighted by Gasteiger charge is -2.32. The van der Waals surface area contributed by atoms with Gasteiger partial charge in [0.15, 0.2) is 0 Å². The molecule has 0 aromatic heterocycles. The molecule has 162 valence electrons. The fourth-order valence-corrected chi connectivity index (χ4v) is 6.03. The lowest BCUT2D eigenvalue weighted by molar-refractivity contribution is 0.393. The van der Waals surface area contributed by atoms with Gasteiger partial charge in [-0.3, -0.25) is 0 Å². The lowest BCUT2D eigenvalue weighted by atomic mass is 9.80. The highest BCUT2D eigenvalue weighted by molar-refractivity contribution is 5.69. The molecule has 31 heavy (non-hydrogen) atoms. The van der Waals surface area contributed by atoms with Gasteiger partial charge in [-0.25, -0.2) is 0 Å². The van der Waals surface area contributed by atoms with Crippen molar-refractivity contribution in [2.24, 2.45) is 5.92 Å². The van der Waals surface area contributed by atoms with E-state index in [1.54, 1.807) is 5.57 Å². The van der Waals surface area contributed by atoms with Crippen molar-refractivity contribution in [2.45, 2.75) is 83.0 Å². The molecule has 2 fully saturated rings. The molecule has 1 nitrogen and oxygen atoms in total. The standard InChI is InChI=1S/C30H37N/c1-4-10-24(11-5-1)26-16-20-29(21-17-26)31(28-14-8-3-9-15-28)30-22-18-27(19-23-30)25-12-6-2-7-13-25/h3,8-9,14-18,20-22,24-25H,1-2,4-7,10-13,19,23H2. The normalized spacial score (nSPS) is 20.8. The molecule has 0 bridgehead atoms. The predicted octanol–water partition coefficient (Wildman–Crippen LogP) is 9.06. The van der Waals surface area contributed by atoms with E-state index in [0.29, 0.717) is 0 Å². The zero-order valence-corrected chi connectivity index (χ0v) is 18.9. The van der Waals surface area contributed by atoms with Gasteiger partial charge in [0.2, 0.25) is 0 Å². The number of anilines is 2. The van der Waals surface area contributed by atoms with Crippen molar-refractivity contribution in [3.63, 3.8) is 0 Å². The molecule has 3 aliphatic carbocycles. The predicted molar refractivity (Wildman–Crippen MR) is 133 cm³/mol. The van der Waals surface area contributed by atoms with Crippen LogP contribution in [0.25, 0.3) is 0 Å². The van der Waals surface area contributed by atoms with Crippen LogP contribution in [0.4, 0.5) is 11.4 Å². The van der Waals surface area contributed by atoms with Gasteiger partial charge in [-0.1, -0.05) is 80.5 Å². The molecular formula is C30H37N. The Balaban J connectivity index is 1.41. The van der Waals surface area contributed by atoms with Crippen molar-refractivity contribution in [3.05, 3.63) is 83.6 Å². The fourth-order valence-electron chi connectivity index (χ4n) is 6.03. The molecule has 0 radical (unpaired) electrons. The number of allylic oxidation sites excluding steroid dienone is 4.